The summed E-state index contributed by atoms with van der Waals surface area (Å²) in [6.07, 6.45) is 4.68. The van der Waals surface area contributed by atoms with Crippen LogP contribution in [0, 0.1) is 12.8 Å². The highest BCUT2D eigenvalue weighted by molar-refractivity contribution is 5.85. The van der Waals surface area contributed by atoms with Crippen molar-refractivity contribution in [2.75, 3.05) is 13.1 Å². The van der Waals surface area contributed by atoms with Gasteiger partial charge in [0.2, 0.25) is 5.91 Å². The number of hydrogen-bond donors (Lipinski definition) is 1. The van der Waals surface area contributed by atoms with Gasteiger partial charge in [-0.15, -0.1) is 0 Å². The van der Waals surface area contributed by atoms with Gasteiger partial charge < -0.3 is 9.88 Å². The normalized spacial score (nSPS) is 15.6. The minimum absolute atomic E-state index is 0.303. The monoisotopic (exact) mass is 270 g/mol. The molecule has 1 aliphatic rings. The van der Waals surface area contributed by atoms with E-state index in [1.54, 1.807) is 0 Å². The fourth-order valence-electron chi connectivity index (χ4n) is 2.93. The Bertz CT molecular complexity index is 623. The summed E-state index contributed by atoms with van der Waals surface area (Å²) < 4.78 is 0. The van der Waals surface area contributed by atoms with E-state index < -0.39 is 0 Å². The Balaban J connectivity index is 1.63. The van der Waals surface area contributed by atoms with Gasteiger partial charge in [-0.1, -0.05) is 18.6 Å². The summed E-state index contributed by atoms with van der Waals surface area (Å²) >= 11 is 0. The molecule has 106 valence electrons. The Morgan fingerprint density at radius 1 is 1.40 bits per heavy atom. The minimum atomic E-state index is 0.303. The summed E-state index contributed by atoms with van der Waals surface area (Å²) in [6, 6.07) is 6.42. The molecule has 3 nitrogen and oxygen atoms in total. The Morgan fingerprint density at radius 2 is 2.20 bits per heavy atom. The largest absolute Gasteiger partial charge is 0.361 e. The molecule has 0 radical (unpaired) electrons. The average Bonchev–Trinajstić information content (AvgIpc) is 2.77. The second-order valence-corrected chi connectivity index (χ2v) is 5.94. The zero-order valence-electron chi connectivity index (χ0n) is 12.3. The van der Waals surface area contributed by atoms with Crippen molar-refractivity contribution in [2.24, 2.45) is 5.92 Å². The number of benzene rings is 1. The number of nitrogens with one attached hydrogen (secondary N) is 1. The average molecular weight is 270 g/mol. The molecule has 1 aliphatic heterocycles. The lowest BCUT2D eigenvalue weighted by Crippen LogP contribution is -2.49. The molecule has 20 heavy (non-hydrogen) atoms. The first-order chi connectivity index (χ1) is 9.67. The number of carbonyl (C=O) groups is 1. The smallest absolute Gasteiger partial charge is 0.222 e. The van der Waals surface area contributed by atoms with Gasteiger partial charge in [-0.05, 0) is 43.4 Å². The first-order valence-corrected chi connectivity index (χ1v) is 7.51. The van der Waals surface area contributed by atoms with Crippen molar-refractivity contribution < 1.29 is 4.79 Å². The van der Waals surface area contributed by atoms with E-state index in [0.29, 0.717) is 12.3 Å². The molecule has 0 aliphatic carbocycles. The van der Waals surface area contributed by atoms with Gasteiger partial charge in [0.25, 0.3) is 0 Å². The summed E-state index contributed by atoms with van der Waals surface area (Å²) in [4.78, 5) is 17.4. The summed E-state index contributed by atoms with van der Waals surface area (Å²) in [7, 11) is 0. The number of fused-ring (bicyclic) bond motifs is 1. The Morgan fingerprint density at radius 3 is 2.95 bits per heavy atom. The molecule has 0 atom stereocenters. The van der Waals surface area contributed by atoms with Crippen LogP contribution in [0.15, 0.2) is 24.4 Å². The number of hydrogen-bond acceptors (Lipinski definition) is 1. The van der Waals surface area contributed by atoms with Crippen LogP contribution in [0.4, 0.5) is 0 Å². The highest BCUT2D eigenvalue weighted by atomic mass is 16.2. The summed E-state index contributed by atoms with van der Waals surface area (Å²) in [6.45, 7) is 6.22. The molecular weight excluding hydrogens is 248 g/mol. The molecule has 0 unspecified atom stereocenters. The topological polar surface area (TPSA) is 36.1 Å². The van der Waals surface area contributed by atoms with Gasteiger partial charge in [0.1, 0.15) is 0 Å². The van der Waals surface area contributed by atoms with Gasteiger partial charge in [-0.3, -0.25) is 4.79 Å². The van der Waals surface area contributed by atoms with Gasteiger partial charge in [0.05, 0.1) is 0 Å². The Labute approximate surface area is 120 Å². The maximum absolute atomic E-state index is 12.1. The maximum Gasteiger partial charge on any atom is 0.222 e. The molecule has 1 amide bonds. The number of H-pyrrole nitrogens is 1. The fourth-order valence-corrected chi connectivity index (χ4v) is 2.93. The highest BCUT2D eigenvalue weighted by Gasteiger charge is 2.28. The van der Waals surface area contributed by atoms with E-state index in [1.165, 1.54) is 22.9 Å². The van der Waals surface area contributed by atoms with Crippen LogP contribution < -0.4 is 0 Å². The number of aromatic amines is 1. The van der Waals surface area contributed by atoms with Crippen molar-refractivity contribution in [2.45, 2.75) is 33.1 Å². The van der Waals surface area contributed by atoms with Crippen LogP contribution in [0.25, 0.3) is 10.9 Å². The molecular formula is C17H22N2O. The van der Waals surface area contributed by atoms with Crippen LogP contribution in [0.3, 0.4) is 0 Å². The van der Waals surface area contributed by atoms with Crippen LogP contribution in [0.5, 0.6) is 0 Å². The first-order valence-electron chi connectivity index (χ1n) is 7.51. The fraction of sp³-hybridized carbons (Fsp3) is 0.471. The highest BCUT2D eigenvalue weighted by Crippen LogP contribution is 2.23. The van der Waals surface area contributed by atoms with Crippen LogP contribution in [-0.2, 0) is 11.2 Å². The van der Waals surface area contributed by atoms with E-state index in [0.717, 1.165) is 30.9 Å². The first kappa shape index (κ1) is 13.2. The quantitative estimate of drug-likeness (QED) is 0.909. The van der Waals surface area contributed by atoms with Crippen LogP contribution in [0.1, 0.15) is 30.9 Å². The molecule has 1 N–H and O–H groups in total. The molecule has 3 rings (SSSR count). The van der Waals surface area contributed by atoms with E-state index in [2.05, 4.69) is 37.0 Å². The molecule has 2 aromatic rings. The molecule has 0 saturated carbocycles. The lowest BCUT2D eigenvalue weighted by molar-refractivity contribution is -0.137. The molecule has 0 spiro atoms. The van der Waals surface area contributed by atoms with E-state index >= 15 is 0 Å². The number of aryl methyl sites for hydroxylation is 2. The third-order valence-electron chi connectivity index (χ3n) is 4.42. The van der Waals surface area contributed by atoms with Crippen molar-refractivity contribution >= 4 is 16.8 Å². The van der Waals surface area contributed by atoms with E-state index in [1.807, 2.05) is 11.1 Å². The number of amides is 1. The molecule has 1 aromatic heterocycles. The number of carbonyl (C=O) groups excluding carboxylic acids is 1. The number of rotatable bonds is 4. The predicted molar refractivity (Wildman–Crippen MR) is 81.7 cm³/mol. The molecule has 1 saturated heterocycles. The molecule has 1 aromatic carbocycles. The second kappa shape index (κ2) is 5.31. The minimum Gasteiger partial charge on any atom is -0.361 e. The van der Waals surface area contributed by atoms with Gasteiger partial charge in [-0.2, -0.15) is 0 Å². The lowest BCUT2D eigenvalue weighted by atomic mass is 9.96. The van der Waals surface area contributed by atoms with Crippen molar-refractivity contribution in [3.8, 4) is 0 Å². The zero-order valence-corrected chi connectivity index (χ0v) is 12.3. The summed E-state index contributed by atoms with van der Waals surface area (Å²) in [5.41, 5.74) is 3.68. The maximum atomic E-state index is 12.1. The molecule has 1 fully saturated rings. The van der Waals surface area contributed by atoms with Gasteiger partial charge in [0.15, 0.2) is 0 Å². The van der Waals surface area contributed by atoms with Crippen molar-refractivity contribution in [3.05, 3.63) is 35.5 Å². The molecule has 0 bridgehead atoms. The van der Waals surface area contributed by atoms with Gasteiger partial charge in [0, 0.05) is 36.6 Å². The SMILES string of the molecule is CCC1CN(C(=O)CCc2c[nH]c3ccc(C)cc23)C1. The van der Waals surface area contributed by atoms with E-state index in [9.17, 15) is 4.79 Å². The van der Waals surface area contributed by atoms with Crippen LogP contribution >= 0.6 is 0 Å². The van der Waals surface area contributed by atoms with E-state index in [4.69, 9.17) is 0 Å². The second-order valence-electron chi connectivity index (χ2n) is 5.94. The Hall–Kier alpha value is -1.77. The summed E-state index contributed by atoms with van der Waals surface area (Å²) in [5, 5.41) is 1.26. The number of aromatic nitrogens is 1. The van der Waals surface area contributed by atoms with E-state index in [-0.39, 0.29) is 0 Å². The van der Waals surface area contributed by atoms with Crippen molar-refractivity contribution in [3.63, 3.8) is 0 Å². The molecule has 3 heteroatoms. The standard InChI is InChI=1S/C17H22N2O/c1-3-13-10-19(11-13)17(20)7-5-14-9-18-16-6-4-12(2)8-15(14)16/h4,6,8-9,13,18H,3,5,7,10-11H2,1-2H3. The third kappa shape index (κ3) is 2.45. The third-order valence-corrected chi connectivity index (χ3v) is 4.42. The zero-order chi connectivity index (χ0) is 14.1. The van der Waals surface area contributed by atoms with Crippen LogP contribution in [0.2, 0.25) is 0 Å². The number of nitrogens with zero attached hydrogens (tertiary/aromatic N) is 1. The molecule has 2 heterocycles. The lowest BCUT2D eigenvalue weighted by Gasteiger charge is -2.39. The Kier molecular flexibility index (Phi) is 3.51. The van der Waals surface area contributed by atoms with Crippen molar-refractivity contribution in [1.82, 2.24) is 9.88 Å². The van der Waals surface area contributed by atoms with Gasteiger partial charge in [-0.25, -0.2) is 0 Å². The summed E-state index contributed by atoms with van der Waals surface area (Å²) in [5.74, 6) is 1.03. The van der Waals surface area contributed by atoms with Crippen molar-refractivity contribution in [1.29, 1.82) is 0 Å². The number of likely N-dealkylation sites (tertiary alicyclic amines) is 1. The van der Waals surface area contributed by atoms with Gasteiger partial charge >= 0.3 is 0 Å². The van der Waals surface area contributed by atoms with Crippen LogP contribution in [-0.4, -0.2) is 28.9 Å². The predicted octanol–water partition coefficient (Wildman–Crippen LogP) is 3.28.